The van der Waals surface area contributed by atoms with Gasteiger partial charge in [0.2, 0.25) is 0 Å². The topological polar surface area (TPSA) is 54.4 Å². The Kier molecular flexibility index (Phi) is 3.84. The zero-order valence-electron chi connectivity index (χ0n) is 10.9. The Morgan fingerprint density at radius 1 is 1.42 bits per heavy atom. The van der Waals surface area contributed by atoms with Crippen LogP contribution in [0.1, 0.15) is 41.6 Å². The summed E-state index contributed by atoms with van der Waals surface area (Å²) >= 11 is 0. The van der Waals surface area contributed by atoms with Crippen LogP contribution in [0, 0.1) is 5.41 Å². The minimum absolute atomic E-state index is 0.0295. The van der Waals surface area contributed by atoms with Gasteiger partial charge in [0.25, 0.3) is 0 Å². The number of ketones is 1. The van der Waals surface area contributed by atoms with Crippen LogP contribution in [-0.4, -0.2) is 16.9 Å². The van der Waals surface area contributed by atoms with Crippen molar-refractivity contribution < 1.29 is 14.7 Å². The fourth-order valence-electron chi connectivity index (χ4n) is 2.89. The molecule has 0 amide bonds. The van der Waals surface area contributed by atoms with Gasteiger partial charge in [-0.25, -0.2) is 0 Å². The molecule has 0 fully saturated rings. The monoisotopic (exact) mass is 258 g/mol. The first-order chi connectivity index (χ1) is 9.09. The molecule has 1 aromatic carbocycles. The lowest BCUT2D eigenvalue weighted by Gasteiger charge is -2.35. The Bertz CT molecular complexity index is 518. The highest BCUT2D eigenvalue weighted by Crippen LogP contribution is 2.42. The van der Waals surface area contributed by atoms with Crippen LogP contribution in [0.4, 0.5) is 0 Å². The van der Waals surface area contributed by atoms with Gasteiger partial charge >= 0.3 is 5.97 Å². The summed E-state index contributed by atoms with van der Waals surface area (Å²) in [6.45, 7) is 3.72. The summed E-state index contributed by atoms with van der Waals surface area (Å²) in [4.78, 5) is 23.5. The van der Waals surface area contributed by atoms with E-state index in [-0.39, 0.29) is 12.2 Å². The molecule has 0 saturated carbocycles. The molecule has 1 aliphatic rings. The molecular formula is C16H18O3. The third-order valence-corrected chi connectivity index (χ3v) is 3.97. The number of allylic oxidation sites excluding steroid dienone is 1. The number of hydrogen-bond donors (Lipinski definition) is 1. The minimum atomic E-state index is -0.852. The Hall–Kier alpha value is -1.90. The number of Topliss-reactive ketones (excluding diaryl/α,β-unsaturated/α-hetero) is 1. The molecule has 0 saturated heterocycles. The number of aryl methyl sites for hydroxylation is 1. The maximum absolute atomic E-state index is 12.7. The summed E-state index contributed by atoms with van der Waals surface area (Å²) in [5.41, 5.74) is 1.25. The van der Waals surface area contributed by atoms with Crippen LogP contribution in [0.15, 0.2) is 36.9 Å². The van der Waals surface area contributed by atoms with E-state index in [1.807, 2.05) is 24.3 Å². The fourth-order valence-corrected chi connectivity index (χ4v) is 2.89. The second kappa shape index (κ2) is 5.39. The van der Waals surface area contributed by atoms with E-state index in [0.29, 0.717) is 19.3 Å². The third kappa shape index (κ3) is 2.60. The highest BCUT2D eigenvalue weighted by atomic mass is 16.4. The van der Waals surface area contributed by atoms with E-state index < -0.39 is 11.4 Å². The SMILES string of the molecule is C=CCC1(CCC(=O)O)CCc2ccccc2C1=O. The molecule has 2 rings (SSSR count). The standard InChI is InChI=1S/C16H18O3/c1-2-9-16(11-8-14(17)18)10-7-12-5-3-4-6-13(12)15(16)19/h2-6H,1,7-11H2,(H,17,18). The van der Waals surface area contributed by atoms with Crippen LogP contribution in [0.3, 0.4) is 0 Å². The number of rotatable bonds is 5. The molecule has 19 heavy (non-hydrogen) atoms. The van der Waals surface area contributed by atoms with E-state index in [4.69, 9.17) is 5.11 Å². The maximum Gasteiger partial charge on any atom is 0.303 e. The second-order valence-electron chi connectivity index (χ2n) is 5.15. The van der Waals surface area contributed by atoms with Crippen LogP contribution in [0.2, 0.25) is 0 Å². The van der Waals surface area contributed by atoms with Crippen molar-refractivity contribution in [2.24, 2.45) is 5.41 Å². The van der Waals surface area contributed by atoms with Gasteiger partial charge < -0.3 is 5.11 Å². The first-order valence-electron chi connectivity index (χ1n) is 6.54. The van der Waals surface area contributed by atoms with Crippen molar-refractivity contribution in [2.75, 3.05) is 0 Å². The van der Waals surface area contributed by atoms with Gasteiger partial charge in [0.05, 0.1) is 0 Å². The summed E-state index contributed by atoms with van der Waals surface area (Å²) in [6, 6.07) is 7.61. The number of fused-ring (bicyclic) bond motifs is 1. The normalized spacial score (nSPS) is 21.8. The highest BCUT2D eigenvalue weighted by molar-refractivity contribution is 6.03. The van der Waals surface area contributed by atoms with Crippen LogP contribution in [0.5, 0.6) is 0 Å². The minimum Gasteiger partial charge on any atom is -0.481 e. The zero-order valence-corrected chi connectivity index (χ0v) is 10.9. The number of carbonyl (C=O) groups excluding carboxylic acids is 1. The predicted octanol–water partition coefficient (Wildman–Crippen LogP) is 3.24. The molecule has 0 spiro atoms. The number of carboxylic acids is 1. The van der Waals surface area contributed by atoms with Crippen molar-refractivity contribution in [1.82, 2.24) is 0 Å². The molecule has 1 aliphatic carbocycles. The summed E-state index contributed by atoms with van der Waals surface area (Å²) in [6.07, 6.45) is 4.24. The number of carboxylic acid groups (broad SMARTS) is 1. The van der Waals surface area contributed by atoms with Gasteiger partial charge in [0.15, 0.2) is 5.78 Å². The van der Waals surface area contributed by atoms with Gasteiger partial charge in [-0.15, -0.1) is 6.58 Å². The molecule has 0 bridgehead atoms. The molecule has 0 heterocycles. The first kappa shape index (κ1) is 13.5. The van der Waals surface area contributed by atoms with E-state index in [1.54, 1.807) is 6.08 Å². The van der Waals surface area contributed by atoms with Gasteiger partial charge in [-0.1, -0.05) is 30.3 Å². The summed E-state index contributed by atoms with van der Waals surface area (Å²) < 4.78 is 0. The molecule has 100 valence electrons. The van der Waals surface area contributed by atoms with E-state index in [9.17, 15) is 9.59 Å². The summed E-state index contributed by atoms with van der Waals surface area (Å²) in [7, 11) is 0. The second-order valence-corrected chi connectivity index (χ2v) is 5.15. The van der Waals surface area contributed by atoms with Crippen molar-refractivity contribution in [1.29, 1.82) is 0 Å². The van der Waals surface area contributed by atoms with E-state index in [0.717, 1.165) is 17.5 Å². The predicted molar refractivity (Wildman–Crippen MR) is 73.2 cm³/mol. The quantitative estimate of drug-likeness (QED) is 0.825. The lowest BCUT2D eigenvalue weighted by atomic mass is 9.66. The highest BCUT2D eigenvalue weighted by Gasteiger charge is 2.41. The zero-order chi connectivity index (χ0) is 13.9. The summed E-state index contributed by atoms with van der Waals surface area (Å²) in [5, 5.41) is 8.87. The van der Waals surface area contributed by atoms with Gasteiger partial charge in [0, 0.05) is 17.4 Å². The molecule has 1 unspecified atom stereocenters. The van der Waals surface area contributed by atoms with E-state index in [1.165, 1.54) is 0 Å². The molecule has 0 aliphatic heterocycles. The average molecular weight is 258 g/mol. The Balaban J connectivity index is 2.33. The van der Waals surface area contributed by atoms with Crippen molar-refractivity contribution in [3.8, 4) is 0 Å². The first-order valence-corrected chi connectivity index (χ1v) is 6.54. The van der Waals surface area contributed by atoms with Crippen molar-refractivity contribution in [3.05, 3.63) is 48.0 Å². The number of aliphatic carboxylic acids is 1. The van der Waals surface area contributed by atoms with E-state index >= 15 is 0 Å². The molecule has 3 heteroatoms. The molecule has 3 nitrogen and oxygen atoms in total. The lowest BCUT2D eigenvalue weighted by Crippen LogP contribution is -2.36. The van der Waals surface area contributed by atoms with Gasteiger partial charge in [0.1, 0.15) is 0 Å². The molecular weight excluding hydrogens is 240 g/mol. The molecule has 0 radical (unpaired) electrons. The van der Waals surface area contributed by atoms with Crippen molar-refractivity contribution in [2.45, 2.75) is 32.1 Å². The van der Waals surface area contributed by atoms with Crippen LogP contribution in [0.25, 0.3) is 0 Å². The van der Waals surface area contributed by atoms with Crippen molar-refractivity contribution >= 4 is 11.8 Å². The van der Waals surface area contributed by atoms with Gasteiger partial charge in [-0.05, 0) is 31.2 Å². The fraction of sp³-hybridized carbons (Fsp3) is 0.375. The smallest absolute Gasteiger partial charge is 0.303 e. The molecule has 1 N–H and O–H groups in total. The average Bonchev–Trinajstić information content (AvgIpc) is 2.41. The van der Waals surface area contributed by atoms with Gasteiger partial charge in [-0.3, -0.25) is 9.59 Å². The van der Waals surface area contributed by atoms with Crippen LogP contribution < -0.4 is 0 Å². The van der Waals surface area contributed by atoms with Gasteiger partial charge in [-0.2, -0.15) is 0 Å². The van der Waals surface area contributed by atoms with E-state index in [2.05, 4.69) is 6.58 Å². The third-order valence-electron chi connectivity index (χ3n) is 3.97. The lowest BCUT2D eigenvalue weighted by molar-refractivity contribution is -0.137. The molecule has 1 atom stereocenters. The largest absolute Gasteiger partial charge is 0.481 e. The Morgan fingerprint density at radius 3 is 2.84 bits per heavy atom. The van der Waals surface area contributed by atoms with Crippen LogP contribution >= 0.6 is 0 Å². The Labute approximate surface area is 113 Å². The maximum atomic E-state index is 12.7. The van der Waals surface area contributed by atoms with Crippen LogP contribution in [-0.2, 0) is 11.2 Å². The van der Waals surface area contributed by atoms with Crippen molar-refractivity contribution in [3.63, 3.8) is 0 Å². The number of benzene rings is 1. The number of hydrogen-bond acceptors (Lipinski definition) is 2. The number of carbonyl (C=O) groups is 2. The molecule has 1 aromatic rings. The Morgan fingerprint density at radius 2 is 2.16 bits per heavy atom. The summed E-state index contributed by atoms with van der Waals surface area (Å²) in [5.74, 6) is -0.773. The molecule has 0 aromatic heterocycles.